The minimum atomic E-state index is -3.67. The van der Waals surface area contributed by atoms with E-state index in [1.54, 1.807) is 12.1 Å². The summed E-state index contributed by atoms with van der Waals surface area (Å²) < 4.78 is 32.7. The minimum Gasteiger partial charge on any atom is -0.379 e. The van der Waals surface area contributed by atoms with E-state index in [1.807, 2.05) is 56.3 Å². The number of rotatable bonds is 5. The molecule has 1 fully saturated rings. The summed E-state index contributed by atoms with van der Waals surface area (Å²) in [6, 6.07) is 18.5. The van der Waals surface area contributed by atoms with Gasteiger partial charge in [-0.3, -0.25) is 4.79 Å². The Morgan fingerprint density at radius 1 is 1.03 bits per heavy atom. The van der Waals surface area contributed by atoms with Crippen LogP contribution >= 0.6 is 0 Å². The standard InChI is InChI=1S/C24H26N2O4S/c1-17-10-11-20(31(28,29)26-12-14-30-15-13-26)16-23(17)24(27)25-18(2)21-9-5-7-19-6-3-4-8-22(19)21/h3-11,16,18H,12-15H2,1-2H3,(H,25,27). The lowest BCUT2D eigenvalue weighted by atomic mass is 9.99. The molecule has 0 saturated carbocycles. The molecule has 0 bridgehead atoms. The van der Waals surface area contributed by atoms with E-state index in [2.05, 4.69) is 5.32 Å². The molecular weight excluding hydrogens is 412 g/mol. The van der Waals surface area contributed by atoms with Gasteiger partial charge in [-0.2, -0.15) is 4.31 Å². The molecule has 1 saturated heterocycles. The van der Waals surface area contributed by atoms with Gasteiger partial charge >= 0.3 is 0 Å². The third-order valence-corrected chi connectivity index (χ3v) is 7.59. The van der Waals surface area contributed by atoms with E-state index < -0.39 is 10.0 Å². The summed E-state index contributed by atoms with van der Waals surface area (Å²) in [4.78, 5) is 13.2. The molecule has 0 spiro atoms. The predicted octanol–water partition coefficient (Wildman–Crippen LogP) is 3.66. The molecule has 1 aliphatic rings. The first-order valence-corrected chi connectivity index (χ1v) is 11.8. The molecule has 3 aromatic rings. The average Bonchev–Trinajstić information content (AvgIpc) is 2.79. The van der Waals surface area contributed by atoms with E-state index in [9.17, 15) is 13.2 Å². The molecule has 162 valence electrons. The van der Waals surface area contributed by atoms with Crippen LogP contribution in [-0.2, 0) is 14.8 Å². The highest BCUT2D eigenvalue weighted by atomic mass is 32.2. The van der Waals surface area contributed by atoms with Gasteiger partial charge in [-0.15, -0.1) is 0 Å². The SMILES string of the molecule is Cc1ccc(S(=O)(=O)N2CCOCC2)cc1C(=O)NC(C)c1cccc2ccccc12. The van der Waals surface area contributed by atoms with Gasteiger partial charge < -0.3 is 10.1 Å². The van der Waals surface area contributed by atoms with Crippen molar-refractivity contribution in [1.29, 1.82) is 0 Å². The highest BCUT2D eigenvalue weighted by molar-refractivity contribution is 7.89. The summed E-state index contributed by atoms with van der Waals surface area (Å²) in [6.45, 7) is 5.12. The van der Waals surface area contributed by atoms with Crippen molar-refractivity contribution >= 4 is 26.7 Å². The fraction of sp³-hybridized carbons (Fsp3) is 0.292. The number of aryl methyl sites for hydroxylation is 1. The second-order valence-corrected chi connectivity index (χ2v) is 9.69. The molecule has 1 N–H and O–H groups in total. The van der Waals surface area contributed by atoms with E-state index in [-0.39, 0.29) is 16.8 Å². The van der Waals surface area contributed by atoms with Crippen LogP contribution in [0.2, 0.25) is 0 Å². The number of benzene rings is 3. The van der Waals surface area contributed by atoms with Crippen LogP contribution < -0.4 is 5.32 Å². The second-order valence-electron chi connectivity index (χ2n) is 7.76. The number of hydrogen-bond donors (Lipinski definition) is 1. The van der Waals surface area contributed by atoms with Crippen LogP contribution in [0.5, 0.6) is 0 Å². The molecule has 6 nitrogen and oxygen atoms in total. The first-order valence-electron chi connectivity index (χ1n) is 10.3. The molecule has 0 aliphatic carbocycles. The Kier molecular flexibility index (Phi) is 6.09. The number of carbonyl (C=O) groups excluding carboxylic acids is 1. The number of sulfonamides is 1. The van der Waals surface area contributed by atoms with Crippen molar-refractivity contribution < 1.29 is 17.9 Å². The van der Waals surface area contributed by atoms with E-state index in [0.717, 1.165) is 21.9 Å². The number of amides is 1. The van der Waals surface area contributed by atoms with Crippen LogP contribution in [0.15, 0.2) is 65.6 Å². The van der Waals surface area contributed by atoms with E-state index in [4.69, 9.17) is 4.74 Å². The molecule has 1 aliphatic heterocycles. The Labute approximate surface area is 182 Å². The number of fused-ring (bicyclic) bond motifs is 1. The Balaban J connectivity index is 1.60. The largest absolute Gasteiger partial charge is 0.379 e. The maximum atomic E-state index is 13.1. The van der Waals surface area contributed by atoms with Crippen molar-refractivity contribution in [1.82, 2.24) is 9.62 Å². The van der Waals surface area contributed by atoms with Crippen LogP contribution in [0.1, 0.15) is 34.5 Å². The molecule has 1 atom stereocenters. The minimum absolute atomic E-state index is 0.128. The summed E-state index contributed by atoms with van der Waals surface area (Å²) in [6.07, 6.45) is 0. The highest BCUT2D eigenvalue weighted by Crippen LogP contribution is 2.25. The zero-order valence-electron chi connectivity index (χ0n) is 17.7. The van der Waals surface area contributed by atoms with Crippen molar-refractivity contribution in [2.75, 3.05) is 26.3 Å². The summed E-state index contributed by atoms with van der Waals surface area (Å²) in [5.41, 5.74) is 2.10. The van der Waals surface area contributed by atoms with Crippen molar-refractivity contribution in [2.45, 2.75) is 24.8 Å². The van der Waals surface area contributed by atoms with Crippen LogP contribution in [0.25, 0.3) is 10.8 Å². The van der Waals surface area contributed by atoms with Crippen molar-refractivity contribution in [3.8, 4) is 0 Å². The summed E-state index contributed by atoms with van der Waals surface area (Å²) in [5.74, 6) is -0.294. The number of nitrogens with one attached hydrogen (secondary N) is 1. The summed E-state index contributed by atoms with van der Waals surface area (Å²) >= 11 is 0. The molecule has 1 amide bonds. The molecule has 4 rings (SSSR count). The molecule has 0 radical (unpaired) electrons. The topological polar surface area (TPSA) is 75.7 Å². The number of ether oxygens (including phenoxy) is 1. The maximum absolute atomic E-state index is 13.1. The smallest absolute Gasteiger partial charge is 0.252 e. The third-order valence-electron chi connectivity index (χ3n) is 5.70. The van der Waals surface area contributed by atoms with Crippen LogP contribution in [0, 0.1) is 6.92 Å². The number of hydrogen-bond acceptors (Lipinski definition) is 4. The van der Waals surface area contributed by atoms with Gasteiger partial charge in [0, 0.05) is 18.7 Å². The molecule has 3 aromatic carbocycles. The second kappa shape index (κ2) is 8.78. The predicted molar refractivity (Wildman–Crippen MR) is 121 cm³/mol. The van der Waals surface area contributed by atoms with Gasteiger partial charge in [0.15, 0.2) is 0 Å². The number of nitrogens with zero attached hydrogens (tertiary/aromatic N) is 1. The van der Waals surface area contributed by atoms with Gasteiger partial charge in [0.25, 0.3) is 5.91 Å². The van der Waals surface area contributed by atoms with Gasteiger partial charge in [-0.05, 0) is 47.9 Å². The fourth-order valence-electron chi connectivity index (χ4n) is 3.92. The van der Waals surface area contributed by atoms with E-state index >= 15 is 0 Å². The van der Waals surface area contributed by atoms with E-state index in [0.29, 0.717) is 31.9 Å². The zero-order chi connectivity index (χ0) is 22.0. The Bertz CT molecular complexity index is 1210. The molecule has 0 aromatic heterocycles. The normalized spacial score (nSPS) is 16.2. The zero-order valence-corrected chi connectivity index (χ0v) is 18.5. The lowest BCUT2D eigenvalue weighted by molar-refractivity contribution is 0.0730. The first-order chi connectivity index (χ1) is 14.9. The van der Waals surface area contributed by atoms with E-state index in [1.165, 1.54) is 10.4 Å². The molecular formula is C24H26N2O4S. The van der Waals surface area contributed by atoms with Crippen molar-refractivity contribution in [3.63, 3.8) is 0 Å². The lowest BCUT2D eigenvalue weighted by Crippen LogP contribution is -2.40. The van der Waals surface area contributed by atoms with Crippen molar-refractivity contribution in [3.05, 3.63) is 77.4 Å². The summed E-state index contributed by atoms with van der Waals surface area (Å²) in [5, 5.41) is 5.23. The molecule has 7 heteroatoms. The monoisotopic (exact) mass is 438 g/mol. The molecule has 31 heavy (non-hydrogen) atoms. The Hall–Kier alpha value is -2.74. The highest BCUT2D eigenvalue weighted by Gasteiger charge is 2.27. The van der Waals surface area contributed by atoms with Gasteiger partial charge in [0.2, 0.25) is 10.0 Å². The number of morpholine rings is 1. The quantitative estimate of drug-likeness (QED) is 0.660. The Morgan fingerprint density at radius 3 is 2.52 bits per heavy atom. The van der Waals surface area contributed by atoms with Crippen LogP contribution in [0.4, 0.5) is 0 Å². The number of carbonyl (C=O) groups is 1. The lowest BCUT2D eigenvalue weighted by Gasteiger charge is -2.26. The van der Waals surface area contributed by atoms with Gasteiger partial charge in [0.05, 0.1) is 24.2 Å². The molecule has 1 heterocycles. The summed E-state index contributed by atoms with van der Waals surface area (Å²) in [7, 11) is -3.67. The van der Waals surface area contributed by atoms with Crippen LogP contribution in [0.3, 0.4) is 0 Å². The maximum Gasteiger partial charge on any atom is 0.252 e. The Morgan fingerprint density at radius 2 is 1.74 bits per heavy atom. The fourth-order valence-corrected chi connectivity index (χ4v) is 5.36. The van der Waals surface area contributed by atoms with Gasteiger partial charge in [-0.1, -0.05) is 48.5 Å². The van der Waals surface area contributed by atoms with Crippen molar-refractivity contribution in [2.24, 2.45) is 0 Å². The first kappa shape index (κ1) is 21.5. The van der Waals surface area contributed by atoms with Crippen LogP contribution in [-0.4, -0.2) is 44.9 Å². The molecule has 1 unspecified atom stereocenters. The van der Waals surface area contributed by atoms with Gasteiger partial charge in [-0.25, -0.2) is 8.42 Å². The third kappa shape index (κ3) is 4.35. The average molecular weight is 439 g/mol. The van der Waals surface area contributed by atoms with Gasteiger partial charge in [0.1, 0.15) is 0 Å².